The third-order valence-corrected chi connectivity index (χ3v) is 5.54. The Morgan fingerprint density at radius 1 is 1.32 bits per heavy atom. The number of hydrogen-bond donors (Lipinski definition) is 3. The molecule has 0 fully saturated rings. The van der Waals surface area contributed by atoms with Crippen LogP contribution in [0.2, 0.25) is 0 Å². The molecule has 0 aliphatic heterocycles. The first-order chi connectivity index (χ1) is 12.0. The van der Waals surface area contributed by atoms with Crippen molar-refractivity contribution in [3.05, 3.63) is 51.7 Å². The van der Waals surface area contributed by atoms with Crippen LogP contribution in [-0.4, -0.2) is 25.4 Å². The normalized spacial score (nSPS) is 14.2. The van der Waals surface area contributed by atoms with Gasteiger partial charge in [-0.25, -0.2) is 4.39 Å². The van der Waals surface area contributed by atoms with Crippen molar-refractivity contribution in [1.29, 1.82) is 0 Å². The van der Waals surface area contributed by atoms with Crippen LogP contribution in [0, 0.1) is 5.82 Å². The smallest absolute Gasteiger partial charge is 0.280 e. The summed E-state index contributed by atoms with van der Waals surface area (Å²) in [6.07, 6.45) is 2.78. The van der Waals surface area contributed by atoms with E-state index in [2.05, 4.69) is 5.32 Å². The lowest BCUT2D eigenvalue weighted by atomic mass is 10.1. The van der Waals surface area contributed by atoms with Gasteiger partial charge >= 0.3 is 0 Å². The Balaban J connectivity index is 1.65. The van der Waals surface area contributed by atoms with Gasteiger partial charge in [-0.05, 0) is 30.9 Å². The SMILES string of the molecule is C[NH+](CC(=O)Nc1sc2c(c1C(N)=O)CCC2)Cc1ccccc1F. The summed E-state index contributed by atoms with van der Waals surface area (Å²) in [5.41, 5.74) is 7.51. The molecule has 1 unspecified atom stereocenters. The van der Waals surface area contributed by atoms with E-state index in [1.165, 1.54) is 17.4 Å². The standard InChI is InChI=1S/C18H20FN3O2S/c1-22(9-11-5-2-3-7-13(11)19)10-15(23)21-18-16(17(20)24)12-6-4-8-14(12)25-18/h2-3,5,7H,4,6,8-10H2,1H3,(H2,20,24)(H,21,23)/p+1. The van der Waals surface area contributed by atoms with Gasteiger partial charge in [0.15, 0.2) is 6.54 Å². The summed E-state index contributed by atoms with van der Waals surface area (Å²) < 4.78 is 13.7. The lowest BCUT2D eigenvalue weighted by Gasteiger charge is -2.14. The summed E-state index contributed by atoms with van der Waals surface area (Å²) >= 11 is 1.44. The number of nitrogens with two attached hydrogens (primary N) is 1. The maximum Gasteiger partial charge on any atom is 0.280 e. The number of fused-ring (bicyclic) bond motifs is 1. The minimum absolute atomic E-state index is 0.176. The highest BCUT2D eigenvalue weighted by molar-refractivity contribution is 7.17. The predicted molar refractivity (Wildman–Crippen MR) is 95.3 cm³/mol. The topological polar surface area (TPSA) is 76.6 Å². The Labute approximate surface area is 149 Å². The van der Waals surface area contributed by atoms with Crippen molar-refractivity contribution < 1.29 is 18.9 Å². The fourth-order valence-corrected chi connectivity index (χ4v) is 4.54. The number of benzene rings is 1. The van der Waals surface area contributed by atoms with Gasteiger partial charge in [-0.3, -0.25) is 9.59 Å². The molecule has 1 atom stereocenters. The number of rotatable bonds is 6. The van der Waals surface area contributed by atoms with Crippen LogP contribution < -0.4 is 16.0 Å². The fraction of sp³-hybridized carbons (Fsp3) is 0.333. The van der Waals surface area contributed by atoms with Gasteiger partial charge in [0.05, 0.1) is 12.6 Å². The molecule has 2 aromatic rings. The van der Waals surface area contributed by atoms with Gasteiger partial charge in [-0.1, -0.05) is 18.2 Å². The average Bonchev–Trinajstić information content (AvgIpc) is 3.09. The van der Waals surface area contributed by atoms with Crippen LogP contribution in [0.5, 0.6) is 0 Å². The molecular formula is C18H21FN3O2S+. The maximum atomic E-state index is 13.7. The molecule has 1 aliphatic carbocycles. The number of likely N-dealkylation sites (N-methyl/N-ethyl adjacent to an activating group) is 1. The lowest BCUT2D eigenvalue weighted by molar-refractivity contribution is -0.885. The zero-order valence-corrected chi connectivity index (χ0v) is 14.8. The van der Waals surface area contributed by atoms with E-state index >= 15 is 0 Å². The Hall–Kier alpha value is -2.25. The second kappa shape index (κ2) is 7.33. The van der Waals surface area contributed by atoms with E-state index in [1.807, 2.05) is 7.05 Å². The van der Waals surface area contributed by atoms with Gasteiger partial charge in [0.25, 0.3) is 11.8 Å². The van der Waals surface area contributed by atoms with E-state index < -0.39 is 5.91 Å². The number of halogens is 1. The Bertz CT molecular complexity index is 819. The van der Waals surface area contributed by atoms with E-state index in [1.54, 1.807) is 18.2 Å². The number of carbonyl (C=O) groups excluding carboxylic acids is 2. The van der Waals surface area contributed by atoms with E-state index in [-0.39, 0.29) is 18.3 Å². The Morgan fingerprint density at radius 3 is 2.80 bits per heavy atom. The van der Waals surface area contributed by atoms with Crippen LogP contribution in [0.4, 0.5) is 9.39 Å². The molecule has 1 aromatic carbocycles. The molecule has 5 nitrogen and oxygen atoms in total. The highest BCUT2D eigenvalue weighted by Crippen LogP contribution is 2.38. The average molecular weight is 362 g/mol. The Kier molecular flexibility index (Phi) is 5.15. The van der Waals surface area contributed by atoms with Crippen LogP contribution >= 0.6 is 11.3 Å². The zero-order chi connectivity index (χ0) is 18.0. The number of carbonyl (C=O) groups is 2. The monoisotopic (exact) mass is 362 g/mol. The van der Waals surface area contributed by atoms with Crippen molar-refractivity contribution in [3.8, 4) is 0 Å². The molecule has 1 aromatic heterocycles. The summed E-state index contributed by atoms with van der Waals surface area (Å²) in [6, 6.07) is 6.54. The molecule has 1 heterocycles. The van der Waals surface area contributed by atoms with Crippen LogP contribution in [0.25, 0.3) is 0 Å². The first-order valence-electron chi connectivity index (χ1n) is 8.24. The second-order valence-corrected chi connectivity index (χ2v) is 7.48. The highest BCUT2D eigenvalue weighted by atomic mass is 32.1. The molecular weight excluding hydrogens is 341 g/mol. The summed E-state index contributed by atoms with van der Waals surface area (Å²) in [6.45, 7) is 0.582. The van der Waals surface area contributed by atoms with Crippen molar-refractivity contribution in [1.82, 2.24) is 0 Å². The molecule has 0 bridgehead atoms. The first kappa shape index (κ1) is 17.6. The summed E-state index contributed by atoms with van der Waals surface area (Å²) in [5.74, 6) is -0.981. The van der Waals surface area contributed by atoms with E-state index in [0.717, 1.165) is 34.6 Å². The molecule has 0 saturated carbocycles. The number of hydrogen-bond acceptors (Lipinski definition) is 3. The lowest BCUT2D eigenvalue weighted by Crippen LogP contribution is -3.08. The number of nitrogens with one attached hydrogen (secondary N) is 2. The van der Waals surface area contributed by atoms with Crippen LogP contribution in [0.15, 0.2) is 24.3 Å². The van der Waals surface area contributed by atoms with Gasteiger partial charge in [0, 0.05) is 10.4 Å². The predicted octanol–water partition coefficient (Wildman–Crippen LogP) is 1.13. The van der Waals surface area contributed by atoms with Crippen LogP contribution in [0.3, 0.4) is 0 Å². The van der Waals surface area contributed by atoms with Crippen LogP contribution in [0.1, 0.15) is 32.8 Å². The van der Waals surface area contributed by atoms with E-state index in [4.69, 9.17) is 5.73 Å². The minimum atomic E-state index is -0.498. The number of primary amides is 1. The molecule has 4 N–H and O–H groups in total. The van der Waals surface area contributed by atoms with Gasteiger partial charge in [0.2, 0.25) is 0 Å². The number of amides is 2. The number of anilines is 1. The van der Waals surface area contributed by atoms with E-state index in [0.29, 0.717) is 22.7 Å². The highest BCUT2D eigenvalue weighted by Gasteiger charge is 2.26. The van der Waals surface area contributed by atoms with E-state index in [9.17, 15) is 14.0 Å². The number of aryl methyl sites for hydroxylation is 1. The van der Waals surface area contributed by atoms with Gasteiger partial charge in [0.1, 0.15) is 17.4 Å². The van der Waals surface area contributed by atoms with Gasteiger partial charge < -0.3 is 16.0 Å². The molecule has 2 amide bonds. The van der Waals surface area contributed by atoms with Gasteiger partial charge in [-0.15, -0.1) is 11.3 Å². The van der Waals surface area contributed by atoms with Crippen molar-refractivity contribution in [2.75, 3.05) is 18.9 Å². The summed E-state index contributed by atoms with van der Waals surface area (Å²) in [5, 5.41) is 3.36. The molecule has 3 rings (SSSR count). The summed E-state index contributed by atoms with van der Waals surface area (Å²) in [4.78, 5) is 26.1. The van der Waals surface area contributed by atoms with Crippen molar-refractivity contribution in [3.63, 3.8) is 0 Å². The molecule has 1 aliphatic rings. The Morgan fingerprint density at radius 2 is 2.08 bits per heavy atom. The fourth-order valence-electron chi connectivity index (χ4n) is 3.23. The van der Waals surface area contributed by atoms with Crippen molar-refractivity contribution >= 4 is 28.2 Å². The molecule has 0 radical (unpaired) electrons. The van der Waals surface area contributed by atoms with Gasteiger partial charge in [-0.2, -0.15) is 0 Å². The molecule has 132 valence electrons. The third-order valence-electron chi connectivity index (χ3n) is 4.33. The molecule has 7 heteroatoms. The minimum Gasteiger partial charge on any atom is -0.365 e. The van der Waals surface area contributed by atoms with Crippen molar-refractivity contribution in [2.45, 2.75) is 25.8 Å². The molecule has 0 saturated heterocycles. The van der Waals surface area contributed by atoms with Crippen LogP contribution in [-0.2, 0) is 24.2 Å². The van der Waals surface area contributed by atoms with Crippen molar-refractivity contribution in [2.24, 2.45) is 5.73 Å². The third kappa shape index (κ3) is 3.88. The molecule has 25 heavy (non-hydrogen) atoms. The first-order valence-corrected chi connectivity index (χ1v) is 9.06. The summed E-state index contributed by atoms with van der Waals surface area (Å²) in [7, 11) is 1.83. The molecule has 0 spiro atoms. The maximum absolute atomic E-state index is 13.7. The number of thiophene rings is 1. The zero-order valence-electron chi connectivity index (χ0n) is 14.0. The second-order valence-electron chi connectivity index (χ2n) is 6.38. The quantitative estimate of drug-likeness (QED) is 0.720. The largest absolute Gasteiger partial charge is 0.365 e. The number of quaternary nitrogens is 1.